The summed E-state index contributed by atoms with van der Waals surface area (Å²) in [5.74, 6) is -3.22. The van der Waals surface area contributed by atoms with Gasteiger partial charge in [-0.2, -0.15) is 0 Å². The smallest absolute Gasteiger partial charge is 0.320 e. The average molecular weight is 390 g/mol. The van der Waals surface area contributed by atoms with Gasteiger partial charge < -0.3 is 21.1 Å². The lowest BCUT2D eigenvalue weighted by Gasteiger charge is -2.31. The van der Waals surface area contributed by atoms with E-state index in [1.807, 2.05) is 0 Å². The summed E-state index contributed by atoms with van der Waals surface area (Å²) < 4.78 is 12.1. The Morgan fingerprint density at radius 2 is 1.88 bits per heavy atom. The Labute approximate surface area is 154 Å². The molecule has 4 atom stereocenters. The van der Waals surface area contributed by atoms with Crippen LogP contribution in [0.1, 0.15) is 38.5 Å². The number of rotatable bonds is 11. The van der Waals surface area contributed by atoms with E-state index in [4.69, 9.17) is 21.1 Å². The van der Waals surface area contributed by atoms with Crippen molar-refractivity contribution in [3.63, 3.8) is 0 Å². The van der Waals surface area contributed by atoms with E-state index in [1.54, 1.807) is 0 Å². The molecule has 1 heterocycles. The van der Waals surface area contributed by atoms with E-state index in [-0.39, 0.29) is 36.7 Å². The number of aliphatic carboxylic acids is 3. The van der Waals surface area contributed by atoms with Gasteiger partial charge in [0.2, 0.25) is 0 Å². The molecule has 1 saturated heterocycles. The number of carboxylic acid groups (broad SMARTS) is 3. The Hall–Kier alpha value is -1.81. The van der Waals surface area contributed by atoms with E-state index in [9.17, 15) is 18.6 Å². The molecule has 0 spiro atoms. The number of hydrogen-bond acceptors (Lipinski definition) is 6. The monoisotopic (exact) mass is 390 g/mol. The van der Waals surface area contributed by atoms with Crippen molar-refractivity contribution < 1.29 is 33.9 Å². The van der Waals surface area contributed by atoms with Crippen LogP contribution in [0.25, 0.3) is 0 Å². The molecule has 0 aromatic rings. The van der Waals surface area contributed by atoms with Crippen molar-refractivity contribution in [3.05, 3.63) is 0 Å². The van der Waals surface area contributed by atoms with Gasteiger partial charge in [-0.15, -0.1) is 0 Å². The Morgan fingerprint density at radius 3 is 2.46 bits per heavy atom. The number of carboxylic acids is 3. The normalized spacial score (nSPS) is 25.7. The van der Waals surface area contributed by atoms with Crippen molar-refractivity contribution in [3.8, 4) is 0 Å². The molecule has 0 aromatic carbocycles. The van der Waals surface area contributed by atoms with Gasteiger partial charge >= 0.3 is 17.9 Å². The van der Waals surface area contributed by atoms with Gasteiger partial charge in [0, 0.05) is 41.1 Å². The molecule has 148 valence electrons. The van der Waals surface area contributed by atoms with Crippen molar-refractivity contribution in [2.75, 3.05) is 18.1 Å². The van der Waals surface area contributed by atoms with Gasteiger partial charge in [-0.25, -0.2) is 0 Å². The summed E-state index contributed by atoms with van der Waals surface area (Å²) in [7, 11) is -1.19. The highest BCUT2D eigenvalue weighted by molar-refractivity contribution is 7.85. The zero-order chi connectivity index (χ0) is 19.7. The Balaban J connectivity index is 2.70. The third-order valence-electron chi connectivity index (χ3n) is 4.38. The minimum absolute atomic E-state index is 0.0989. The van der Waals surface area contributed by atoms with Gasteiger partial charge in [-0.05, 0) is 31.6 Å². The number of nitrogens with two attached hydrogens (primary N) is 1. The maximum absolute atomic E-state index is 12.1. The van der Waals surface area contributed by atoms with Crippen LogP contribution in [0.2, 0.25) is 0 Å². The van der Waals surface area contributed by atoms with Crippen LogP contribution in [0, 0.1) is 11.8 Å². The lowest BCUT2D eigenvalue weighted by molar-refractivity contribution is -0.139. The second kappa shape index (κ2) is 11.0. The largest absolute Gasteiger partial charge is 0.481 e. The molecule has 1 fully saturated rings. The van der Waals surface area contributed by atoms with Crippen LogP contribution in [0.4, 0.5) is 0 Å². The number of carbonyl (C=O) groups is 3. The molecular formula is C16H26N2O7S. The summed E-state index contributed by atoms with van der Waals surface area (Å²) in [5.41, 5.74) is 5.99. The lowest BCUT2D eigenvalue weighted by Crippen LogP contribution is -2.39. The molecule has 0 aromatic heterocycles. The van der Waals surface area contributed by atoms with Crippen LogP contribution in [0.5, 0.6) is 0 Å². The van der Waals surface area contributed by atoms with Crippen LogP contribution in [0.3, 0.4) is 0 Å². The van der Waals surface area contributed by atoms with Crippen molar-refractivity contribution in [1.29, 1.82) is 0 Å². The fraction of sp³-hybridized carbons (Fsp3) is 0.750. The third kappa shape index (κ3) is 8.05. The van der Waals surface area contributed by atoms with E-state index >= 15 is 0 Å². The molecule has 0 radical (unpaired) electrons. The van der Waals surface area contributed by atoms with Gasteiger partial charge in [-0.1, -0.05) is 0 Å². The molecule has 10 heteroatoms. The standard InChI is InChI=1S/C16H26N2O7S/c17-12(16(23)24)3-1-2-6-18-13-9-26(25)8-10(4-5-14(19)20)11(13)7-15(21)22/h10-12H,1-9,17H2,(H,19,20)(H,21,22)(H,23,24)/t10-,11-,12+,26+/m1/s1. The molecular weight excluding hydrogens is 364 g/mol. The summed E-state index contributed by atoms with van der Waals surface area (Å²) in [4.78, 5) is 37.0. The molecule has 0 unspecified atom stereocenters. The fourth-order valence-corrected chi connectivity index (χ4v) is 4.64. The number of nitrogens with zero attached hydrogens (tertiary/aromatic N) is 1. The van der Waals surface area contributed by atoms with E-state index in [0.717, 1.165) is 0 Å². The number of hydrogen-bond donors (Lipinski definition) is 4. The van der Waals surface area contributed by atoms with Gasteiger partial charge in [0.15, 0.2) is 0 Å². The van der Waals surface area contributed by atoms with Crippen molar-refractivity contribution >= 4 is 34.4 Å². The second-order valence-corrected chi connectivity index (χ2v) is 7.96. The molecule has 0 saturated carbocycles. The first-order valence-corrected chi connectivity index (χ1v) is 9.99. The molecule has 5 N–H and O–H groups in total. The van der Waals surface area contributed by atoms with Crippen LogP contribution in [-0.2, 0) is 25.2 Å². The van der Waals surface area contributed by atoms with Gasteiger partial charge in [0.05, 0.1) is 12.2 Å². The molecule has 1 rings (SSSR count). The minimum atomic E-state index is -1.19. The zero-order valence-corrected chi connectivity index (χ0v) is 15.3. The highest BCUT2D eigenvalue weighted by Gasteiger charge is 2.35. The van der Waals surface area contributed by atoms with Crippen LogP contribution < -0.4 is 5.73 Å². The zero-order valence-electron chi connectivity index (χ0n) is 14.5. The molecule has 0 bridgehead atoms. The predicted octanol–water partition coefficient (Wildman–Crippen LogP) is 0.344. The highest BCUT2D eigenvalue weighted by atomic mass is 32.2. The van der Waals surface area contributed by atoms with Crippen molar-refractivity contribution in [1.82, 2.24) is 0 Å². The maximum Gasteiger partial charge on any atom is 0.320 e. The maximum atomic E-state index is 12.1. The summed E-state index contributed by atoms with van der Waals surface area (Å²) in [6.07, 6.45) is 1.50. The molecule has 1 aliphatic rings. The van der Waals surface area contributed by atoms with Crippen molar-refractivity contribution in [2.45, 2.75) is 44.6 Å². The highest BCUT2D eigenvalue weighted by Crippen LogP contribution is 2.29. The topological polar surface area (TPSA) is 167 Å². The van der Waals surface area contributed by atoms with E-state index in [2.05, 4.69) is 4.99 Å². The molecule has 26 heavy (non-hydrogen) atoms. The third-order valence-corrected chi connectivity index (χ3v) is 5.80. The number of aliphatic imine (C=N–C) groups is 1. The van der Waals surface area contributed by atoms with Gasteiger partial charge in [-0.3, -0.25) is 23.6 Å². The SMILES string of the molecule is N[C@@H](CCCCN=C1C[S@@](=O)C[C@@H](CCC(=O)O)[C@H]1CC(=O)O)C(=O)O. The van der Waals surface area contributed by atoms with Crippen LogP contribution in [0.15, 0.2) is 4.99 Å². The minimum Gasteiger partial charge on any atom is -0.481 e. The average Bonchev–Trinajstić information content (AvgIpc) is 2.54. The van der Waals surface area contributed by atoms with Crippen molar-refractivity contribution in [2.24, 2.45) is 22.6 Å². The van der Waals surface area contributed by atoms with E-state index < -0.39 is 40.7 Å². The molecule has 1 aliphatic heterocycles. The van der Waals surface area contributed by atoms with E-state index in [0.29, 0.717) is 31.5 Å². The van der Waals surface area contributed by atoms with Crippen LogP contribution in [-0.4, -0.2) is 67.2 Å². The van der Waals surface area contributed by atoms with E-state index in [1.165, 1.54) is 0 Å². The first-order valence-electron chi connectivity index (χ1n) is 8.50. The first kappa shape index (κ1) is 22.2. The van der Waals surface area contributed by atoms with Gasteiger partial charge in [0.25, 0.3) is 0 Å². The molecule has 9 nitrogen and oxygen atoms in total. The van der Waals surface area contributed by atoms with Gasteiger partial charge in [0.1, 0.15) is 6.04 Å². The lowest BCUT2D eigenvalue weighted by atomic mass is 9.83. The Kier molecular flexibility index (Phi) is 9.42. The molecule has 0 amide bonds. The fourth-order valence-electron chi connectivity index (χ4n) is 3.01. The molecule has 0 aliphatic carbocycles. The number of unbranched alkanes of at least 4 members (excludes halogenated alkanes) is 1. The van der Waals surface area contributed by atoms with Crippen LogP contribution >= 0.6 is 0 Å². The quantitative estimate of drug-likeness (QED) is 0.366. The summed E-state index contributed by atoms with van der Waals surface area (Å²) >= 11 is 0. The first-order chi connectivity index (χ1) is 12.2. The summed E-state index contributed by atoms with van der Waals surface area (Å²) in [6.45, 7) is 0.376. The Morgan fingerprint density at radius 1 is 1.19 bits per heavy atom. The Bertz CT molecular complexity index is 579. The summed E-state index contributed by atoms with van der Waals surface area (Å²) in [5, 5.41) is 26.7. The summed E-state index contributed by atoms with van der Waals surface area (Å²) in [6, 6.07) is -0.912. The predicted molar refractivity (Wildman–Crippen MR) is 95.7 cm³/mol. The second-order valence-electron chi connectivity index (χ2n) is 6.46.